The summed E-state index contributed by atoms with van der Waals surface area (Å²) in [7, 11) is -7.28. The summed E-state index contributed by atoms with van der Waals surface area (Å²) in [4.78, 5) is 30.5. The first-order valence-corrected chi connectivity index (χ1v) is 6.18. The zero-order chi connectivity index (χ0) is 9.00. The van der Waals surface area contributed by atoms with Crippen LogP contribution in [0.4, 0.5) is 0 Å². The van der Waals surface area contributed by atoms with E-state index >= 15 is 0 Å². The fourth-order valence-electron chi connectivity index (χ4n) is 0. The molecule has 0 saturated heterocycles. The molecular weight excluding hydrogens is 273 g/mol. The molecule has 4 N–H and O–H groups in total. The van der Waals surface area contributed by atoms with Crippen LogP contribution >= 0.6 is 15.2 Å². The largest absolute Gasteiger partial charge is 0.325 e. The van der Waals surface area contributed by atoms with Gasteiger partial charge in [0.05, 0.1) is 0 Å². The van der Waals surface area contributed by atoms with Gasteiger partial charge in [0.2, 0.25) is 0 Å². The molecule has 6 nitrogen and oxygen atoms in total. The number of hydrogen-bond acceptors (Lipinski definition) is 2. The quantitative estimate of drug-likeness (QED) is 0.449. The van der Waals surface area contributed by atoms with Gasteiger partial charge in [-0.1, -0.05) is 0 Å². The predicted octanol–water partition coefficient (Wildman–Crippen LogP) is -0.415. The van der Waals surface area contributed by atoms with E-state index in [1.165, 1.54) is 0 Å². The van der Waals surface area contributed by atoms with Crippen molar-refractivity contribution in [3.8, 4) is 0 Å². The predicted molar refractivity (Wildman–Crippen MR) is 35.9 cm³/mol. The van der Waals surface area contributed by atoms with Gasteiger partial charge in [-0.05, 0) is 0 Å². The molecule has 0 saturated carbocycles. The van der Waals surface area contributed by atoms with Crippen LogP contribution in [0.2, 0.25) is 0 Å². The SMILES string of the molecule is CP(=O)(O)O.CP(=O)(O)O.[Zr]. The normalized spacial score (nSPS) is 10.7. The van der Waals surface area contributed by atoms with E-state index in [0.717, 1.165) is 13.3 Å². The molecule has 0 atom stereocenters. The van der Waals surface area contributed by atoms with Gasteiger partial charge in [0.1, 0.15) is 0 Å². The zero-order valence-electron chi connectivity index (χ0n) is 6.00. The first kappa shape index (κ1) is 18.1. The van der Waals surface area contributed by atoms with Crippen LogP contribution in [-0.4, -0.2) is 32.9 Å². The molecule has 0 aromatic rings. The van der Waals surface area contributed by atoms with E-state index < -0.39 is 15.2 Å². The molecule has 0 bridgehead atoms. The molecule has 0 unspecified atom stereocenters. The van der Waals surface area contributed by atoms with E-state index in [0.29, 0.717) is 0 Å². The summed E-state index contributed by atoms with van der Waals surface area (Å²) in [6, 6.07) is 0. The van der Waals surface area contributed by atoms with Crippen molar-refractivity contribution in [3.05, 3.63) is 0 Å². The molecule has 0 radical (unpaired) electrons. The maximum atomic E-state index is 9.33. The van der Waals surface area contributed by atoms with Crippen molar-refractivity contribution in [1.82, 2.24) is 0 Å². The first-order valence-electron chi connectivity index (χ1n) is 2.06. The van der Waals surface area contributed by atoms with Crippen molar-refractivity contribution in [2.45, 2.75) is 0 Å². The minimum atomic E-state index is -3.64. The molecule has 0 fully saturated rings. The monoisotopic (exact) mass is 282 g/mol. The summed E-state index contributed by atoms with van der Waals surface area (Å²) < 4.78 is 18.7. The molecule has 0 aliphatic carbocycles. The molecular formula is C2H10O6P2Zr. The van der Waals surface area contributed by atoms with Crippen LogP contribution in [0.25, 0.3) is 0 Å². The van der Waals surface area contributed by atoms with E-state index in [1.54, 1.807) is 0 Å². The van der Waals surface area contributed by atoms with Crippen molar-refractivity contribution >= 4 is 15.2 Å². The van der Waals surface area contributed by atoms with Gasteiger partial charge in [-0.25, -0.2) is 0 Å². The Morgan fingerprint density at radius 1 is 0.818 bits per heavy atom. The third kappa shape index (κ3) is 674. The molecule has 0 aliphatic rings. The molecule has 0 rings (SSSR count). The first-order chi connectivity index (χ1) is 4.00. The molecule has 9 heteroatoms. The Bertz CT molecular complexity index is 131. The standard InChI is InChI=1S/2CH5O3P.Zr/c2*1-5(2,3)4;/h2*1H3,(H2,2,3,4);. The van der Waals surface area contributed by atoms with Gasteiger partial charge >= 0.3 is 15.2 Å². The molecule has 0 aromatic heterocycles. The van der Waals surface area contributed by atoms with Crippen molar-refractivity contribution in [2.24, 2.45) is 0 Å². The maximum Gasteiger partial charge on any atom is 0.322 e. The second kappa shape index (κ2) is 6.67. The average molecular weight is 283 g/mol. The summed E-state index contributed by atoms with van der Waals surface area (Å²) in [6.45, 7) is 1.71. The van der Waals surface area contributed by atoms with Crippen molar-refractivity contribution in [3.63, 3.8) is 0 Å². The average Bonchev–Trinajstić information content (AvgIpc) is 1.12. The van der Waals surface area contributed by atoms with Crippen LogP contribution in [0.5, 0.6) is 0 Å². The Kier molecular flexibility index (Phi) is 11.0. The van der Waals surface area contributed by atoms with Crippen LogP contribution in [0.3, 0.4) is 0 Å². The Hall–Kier alpha value is 1.18. The Morgan fingerprint density at radius 3 is 0.818 bits per heavy atom. The Balaban J connectivity index is -0.000000107. The van der Waals surface area contributed by atoms with Crippen molar-refractivity contribution < 1.29 is 54.9 Å². The van der Waals surface area contributed by atoms with Gasteiger partial charge in [0, 0.05) is 39.5 Å². The zero-order valence-corrected chi connectivity index (χ0v) is 10.2. The molecule has 0 aromatic carbocycles. The van der Waals surface area contributed by atoms with Crippen LogP contribution in [0.15, 0.2) is 0 Å². The summed E-state index contributed by atoms with van der Waals surface area (Å²) in [5, 5.41) is 0. The van der Waals surface area contributed by atoms with Crippen LogP contribution in [0, 0.1) is 0 Å². The Labute approximate surface area is 83.5 Å². The molecule has 0 amide bonds. The summed E-state index contributed by atoms with van der Waals surface area (Å²) >= 11 is 0. The molecule has 68 valence electrons. The van der Waals surface area contributed by atoms with Gasteiger partial charge in [0.15, 0.2) is 0 Å². The van der Waals surface area contributed by atoms with Gasteiger partial charge in [-0.15, -0.1) is 0 Å². The second-order valence-corrected chi connectivity index (χ2v) is 5.01. The maximum absolute atomic E-state index is 9.33. The summed E-state index contributed by atoms with van der Waals surface area (Å²) in [5.74, 6) is 0. The molecule has 0 spiro atoms. The fraction of sp³-hybridized carbons (Fsp3) is 1.00. The van der Waals surface area contributed by atoms with Gasteiger partial charge in [-0.2, -0.15) is 0 Å². The van der Waals surface area contributed by atoms with Crippen LogP contribution in [-0.2, 0) is 35.3 Å². The van der Waals surface area contributed by atoms with E-state index in [4.69, 9.17) is 19.6 Å². The van der Waals surface area contributed by atoms with Gasteiger partial charge in [0.25, 0.3) is 0 Å². The van der Waals surface area contributed by atoms with Gasteiger partial charge < -0.3 is 19.6 Å². The van der Waals surface area contributed by atoms with Gasteiger partial charge in [-0.3, -0.25) is 9.13 Å². The minimum Gasteiger partial charge on any atom is -0.325 e. The van der Waals surface area contributed by atoms with Crippen LogP contribution < -0.4 is 0 Å². The smallest absolute Gasteiger partial charge is 0.322 e. The summed E-state index contributed by atoms with van der Waals surface area (Å²) in [5.41, 5.74) is 0. The van der Waals surface area contributed by atoms with Crippen molar-refractivity contribution in [1.29, 1.82) is 0 Å². The van der Waals surface area contributed by atoms with Crippen LogP contribution in [0.1, 0.15) is 0 Å². The van der Waals surface area contributed by atoms with E-state index in [1.807, 2.05) is 0 Å². The topological polar surface area (TPSA) is 115 Å². The fourth-order valence-corrected chi connectivity index (χ4v) is 0. The molecule has 11 heavy (non-hydrogen) atoms. The number of hydrogen-bond donors (Lipinski definition) is 4. The third-order valence-electron chi connectivity index (χ3n) is 0. The van der Waals surface area contributed by atoms with Crippen molar-refractivity contribution in [2.75, 3.05) is 13.3 Å². The Morgan fingerprint density at radius 2 is 0.818 bits per heavy atom. The second-order valence-electron chi connectivity index (χ2n) is 1.67. The van der Waals surface area contributed by atoms with E-state index in [-0.39, 0.29) is 26.2 Å². The van der Waals surface area contributed by atoms with E-state index in [9.17, 15) is 9.13 Å². The summed E-state index contributed by atoms with van der Waals surface area (Å²) in [6.07, 6.45) is 0. The third-order valence-corrected chi connectivity index (χ3v) is 0. The van der Waals surface area contributed by atoms with E-state index in [2.05, 4.69) is 0 Å². The minimum absolute atomic E-state index is 0. The molecule has 0 heterocycles. The number of rotatable bonds is 0. The molecule has 0 aliphatic heterocycles.